The number of hydrogen-bond donors (Lipinski definition) is 4. The fourth-order valence-electron chi connectivity index (χ4n) is 2.74. The molecular weight excluding hydrogens is 420 g/mol. The number of rotatable bonds is 8. The molecule has 0 radical (unpaired) electrons. The van der Waals surface area contributed by atoms with E-state index >= 15 is 0 Å². The van der Waals surface area contributed by atoms with E-state index in [2.05, 4.69) is 41.1 Å². The first-order chi connectivity index (χ1) is 15.5. The minimum absolute atomic E-state index is 0.00219. The van der Waals surface area contributed by atoms with Crippen molar-refractivity contribution in [2.75, 3.05) is 11.1 Å². The van der Waals surface area contributed by atoms with Crippen LogP contribution in [0, 0.1) is 0 Å². The van der Waals surface area contributed by atoms with E-state index in [0.717, 1.165) is 0 Å². The van der Waals surface area contributed by atoms with E-state index < -0.39 is 11.8 Å². The number of furan rings is 1. The molecule has 6 N–H and O–H groups in total. The molecule has 0 aliphatic carbocycles. The summed E-state index contributed by atoms with van der Waals surface area (Å²) in [5, 5.41) is 21.9. The highest BCUT2D eigenvalue weighted by Gasteiger charge is 2.24. The van der Waals surface area contributed by atoms with Gasteiger partial charge in [0, 0.05) is 11.3 Å². The lowest BCUT2D eigenvalue weighted by Crippen LogP contribution is -2.22. The van der Waals surface area contributed by atoms with Crippen molar-refractivity contribution in [3.63, 3.8) is 0 Å². The predicted molar refractivity (Wildman–Crippen MR) is 110 cm³/mol. The third-order valence-electron chi connectivity index (χ3n) is 4.24. The van der Waals surface area contributed by atoms with Crippen molar-refractivity contribution >= 4 is 29.5 Å². The van der Waals surface area contributed by atoms with E-state index in [9.17, 15) is 9.59 Å². The number of hydrogen-bond acceptors (Lipinski definition) is 11. The molecular formula is C18H16N10O4. The largest absolute Gasteiger partial charge is 0.472 e. The van der Waals surface area contributed by atoms with E-state index in [0.29, 0.717) is 11.3 Å². The van der Waals surface area contributed by atoms with E-state index in [4.69, 9.17) is 15.9 Å². The maximum absolute atomic E-state index is 12.7. The van der Waals surface area contributed by atoms with Crippen molar-refractivity contribution in [3.8, 4) is 5.82 Å². The number of nitrogens with one attached hydrogen (secondary N) is 2. The van der Waals surface area contributed by atoms with Gasteiger partial charge in [-0.15, -0.1) is 5.10 Å². The van der Waals surface area contributed by atoms with Gasteiger partial charge in [-0.3, -0.25) is 9.59 Å². The number of nitrogen functional groups attached to an aromatic ring is 1. The Labute approximate surface area is 179 Å². The number of anilines is 2. The van der Waals surface area contributed by atoms with Gasteiger partial charge < -0.3 is 21.2 Å². The molecule has 32 heavy (non-hydrogen) atoms. The number of nitrogens with two attached hydrogens (primary N) is 2. The average Bonchev–Trinajstić information content (AvgIpc) is 3.53. The van der Waals surface area contributed by atoms with Crippen molar-refractivity contribution in [1.82, 2.24) is 30.7 Å². The van der Waals surface area contributed by atoms with Crippen LogP contribution in [0.2, 0.25) is 0 Å². The van der Waals surface area contributed by atoms with Gasteiger partial charge in [0.25, 0.3) is 11.8 Å². The Bertz CT molecular complexity index is 1270. The van der Waals surface area contributed by atoms with Crippen molar-refractivity contribution in [3.05, 3.63) is 65.4 Å². The summed E-state index contributed by atoms with van der Waals surface area (Å²) in [5.74, 6) is -1.28. The van der Waals surface area contributed by atoms with Gasteiger partial charge in [0.05, 0.1) is 36.5 Å². The van der Waals surface area contributed by atoms with Gasteiger partial charge in [0.15, 0.2) is 5.69 Å². The number of primary amides is 1. The van der Waals surface area contributed by atoms with Crippen LogP contribution in [0.25, 0.3) is 5.82 Å². The van der Waals surface area contributed by atoms with Gasteiger partial charge in [0.2, 0.25) is 11.6 Å². The maximum Gasteiger partial charge on any atom is 0.293 e. The van der Waals surface area contributed by atoms with Crippen LogP contribution >= 0.6 is 0 Å². The average molecular weight is 436 g/mol. The number of benzene rings is 1. The molecule has 3 aromatic heterocycles. The first-order valence-electron chi connectivity index (χ1n) is 9.06. The second-order valence-corrected chi connectivity index (χ2v) is 6.29. The first kappa shape index (κ1) is 20.3. The maximum atomic E-state index is 12.7. The van der Waals surface area contributed by atoms with Crippen LogP contribution in [-0.2, 0) is 6.54 Å². The fourth-order valence-corrected chi connectivity index (χ4v) is 2.74. The molecule has 1 aromatic carbocycles. The molecule has 14 nitrogen and oxygen atoms in total. The van der Waals surface area contributed by atoms with Gasteiger partial charge >= 0.3 is 0 Å². The van der Waals surface area contributed by atoms with Crippen LogP contribution in [-0.4, -0.2) is 43.3 Å². The third kappa shape index (κ3) is 4.13. The van der Waals surface area contributed by atoms with Crippen LogP contribution in [0.5, 0.6) is 0 Å². The minimum atomic E-state index is -0.647. The summed E-state index contributed by atoms with van der Waals surface area (Å²) in [5.41, 5.74) is 15.1. The summed E-state index contributed by atoms with van der Waals surface area (Å²) in [4.78, 5) is 24.4. The molecule has 0 fully saturated rings. The number of para-hydroxylation sites is 1. The molecule has 0 saturated heterocycles. The smallest absolute Gasteiger partial charge is 0.293 e. The normalized spacial score (nSPS) is 11.0. The van der Waals surface area contributed by atoms with Gasteiger partial charge in [0.1, 0.15) is 0 Å². The number of aromatic nitrogens is 5. The second-order valence-electron chi connectivity index (χ2n) is 6.29. The highest BCUT2D eigenvalue weighted by atomic mass is 16.6. The van der Waals surface area contributed by atoms with E-state index in [1.54, 1.807) is 30.3 Å². The molecule has 162 valence electrons. The zero-order valence-electron chi connectivity index (χ0n) is 16.3. The van der Waals surface area contributed by atoms with Gasteiger partial charge in [-0.1, -0.05) is 17.3 Å². The molecule has 0 unspecified atom stereocenters. The topological polar surface area (TPSA) is 205 Å². The zero-order chi connectivity index (χ0) is 22.5. The van der Waals surface area contributed by atoms with Gasteiger partial charge in [-0.05, 0) is 28.5 Å². The van der Waals surface area contributed by atoms with Gasteiger partial charge in [-0.2, -0.15) is 9.78 Å². The van der Waals surface area contributed by atoms with E-state index in [1.165, 1.54) is 23.4 Å². The van der Waals surface area contributed by atoms with Crippen LogP contribution < -0.4 is 22.2 Å². The molecule has 0 bridgehead atoms. The molecule has 0 spiro atoms. The third-order valence-corrected chi connectivity index (χ3v) is 4.24. The van der Waals surface area contributed by atoms with Crippen LogP contribution in [0.4, 0.5) is 11.5 Å². The number of amides is 2. The van der Waals surface area contributed by atoms with Crippen LogP contribution in [0.1, 0.15) is 32.1 Å². The Morgan fingerprint density at radius 3 is 2.78 bits per heavy atom. The monoisotopic (exact) mass is 436 g/mol. The second kappa shape index (κ2) is 8.78. The Morgan fingerprint density at radius 1 is 1.22 bits per heavy atom. The summed E-state index contributed by atoms with van der Waals surface area (Å²) >= 11 is 0. The first-order valence-corrected chi connectivity index (χ1v) is 9.06. The summed E-state index contributed by atoms with van der Waals surface area (Å²) < 4.78 is 10.7. The Morgan fingerprint density at radius 2 is 2.06 bits per heavy atom. The minimum Gasteiger partial charge on any atom is -0.472 e. The lowest BCUT2D eigenvalue weighted by molar-refractivity contribution is 0.0947. The molecule has 2 amide bonds. The number of hydrazone groups is 1. The number of carbonyl (C=O) groups is 2. The van der Waals surface area contributed by atoms with Crippen LogP contribution in [0.15, 0.2) is 57.0 Å². The van der Waals surface area contributed by atoms with E-state index in [-0.39, 0.29) is 35.1 Å². The zero-order valence-corrected chi connectivity index (χ0v) is 16.3. The Balaban J connectivity index is 1.63. The van der Waals surface area contributed by atoms with Crippen molar-refractivity contribution in [2.24, 2.45) is 10.8 Å². The molecule has 0 saturated carbocycles. The predicted octanol–water partition coefficient (Wildman–Crippen LogP) is 0.300. The summed E-state index contributed by atoms with van der Waals surface area (Å²) in [7, 11) is 0. The quantitative estimate of drug-likeness (QED) is 0.219. The molecule has 4 rings (SSSR count). The van der Waals surface area contributed by atoms with Crippen molar-refractivity contribution in [2.45, 2.75) is 6.54 Å². The highest BCUT2D eigenvalue weighted by molar-refractivity contribution is 5.98. The Kier molecular flexibility index (Phi) is 5.56. The number of carbonyl (C=O) groups excluding carboxylic acids is 2. The molecule has 4 aromatic rings. The summed E-state index contributed by atoms with van der Waals surface area (Å²) in [6.07, 6.45) is 4.32. The molecule has 0 aliphatic rings. The Hall–Kier alpha value is -5.01. The van der Waals surface area contributed by atoms with E-state index in [1.807, 2.05) is 0 Å². The molecule has 0 atom stereocenters. The molecule has 14 heteroatoms. The van der Waals surface area contributed by atoms with Crippen molar-refractivity contribution < 1.29 is 18.6 Å². The summed E-state index contributed by atoms with van der Waals surface area (Å²) in [6, 6.07) is 8.29. The SMILES string of the molecule is NC(=O)c1ccccc1NCc1c(C(=O)N/N=C/c2ccoc2)nnn1-c1nonc1N. The highest BCUT2D eigenvalue weighted by Crippen LogP contribution is 2.19. The molecule has 0 aliphatic heterocycles. The number of nitrogens with zero attached hydrogens (tertiary/aromatic N) is 6. The van der Waals surface area contributed by atoms with Crippen molar-refractivity contribution in [1.29, 1.82) is 0 Å². The van der Waals surface area contributed by atoms with Gasteiger partial charge in [-0.25, -0.2) is 10.1 Å². The fraction of sp³-hybridized carbons (Fsp3) is 0.0556. The standard InChI is InChI=1S/C18H16N10O4/c19-15-17(26-32-25-15)28-13(8-21-12-4-2-1-3-11(12)16(20)29)14(23-27-28)18(30)24-22-7-10-5-6-31-9-10/h1-7,9,21H,8H2,(H2,19,25)(H2,20,29)(H,24,30)/b22-7+. The summed E-state index contributed by atoms with van der Waals surface area (Å²) in [6.45, 7) is -0.00219. The molecule has 3 heterocycles. The lowest BCUT2D eigenvalue weighted by atomic mass is 10.1. The van der Waals surface area contributed by atoms with Crippen LogP contribution in [0.3, 0.4) is 0 Å². The lowest BCUT2D eigenvalue weighted by Gasteiger charge is -2.11.